The molecule has 0 bridgehead atoms. The third kappa shape index (κ3) is 3.46. The molecule has 0 amide bonds. The molecule has 1 unspecified atom stereocenters. The molecule has 1 spiro atoms. The van der Waals surface area contributed by atoms with E-state index in [-0.39, 0.29) is 63.0 Å². The zero-order chi connectivity index (χ0) is 31.4. The first kappa shape index (κ1) is 28.4. The first-order valence-corrected chi connectivity index (χ1v) is 14.3. The maximum Gasteiger partial charge on any atom is 0.332 e. The second-order valence-electron chi connectivity index (χ2n) is 11.1. The molecule has 1 aliphatic carbocycles. The summed E-state index contributed by atoms with van der Waals surface area (Å²) in [5.74, 6) is -1.88. The Hall–Kier alpha value is -4.42. The van der Waals surface area contributed by atoms with E-state index in [2.05, 4.69) is 5.32 Å². The predicted molar refractivity (Wildman–Crippen MR) is 158 cm³/mol. The number of aromatic nitrogens is 2. The van der Waals surface area contributed by atoms with Crippen molar-refractivity contribution in [3.05, 3.63) is 77.0 Å². The van der Waals surface area contributed by atoms with Crippen LogP contribution in [0.4, 0.5) is 5.82 Å². The molecule has 3 aromatic rings. The summed E-state index contributed by atoms with van der Waals surface area (Å²) in [7, 11) is 5.67. The van der Waals surface area contributed by atoms with Gasteiger partial charge in [0.2, 0.25) is 24.0 Å². The monoisotopic (exact) mass is 641 g/mol. The Bertz CT molecular complexity index is 2010. The maximum atomic E-state index is 15.0. The highest BCUT2D eigenvalue weighted by molar-refractivity contribution is 6.36. The van der Waals surface area contributed by atoms with Crippen molar-refractivity contribution >= 4 is 40.6 Å². The lowest BCUT2D eigenvalue weighted by atomic mass is 9.66. The van der Waals surface area contributed by atoms with Crippen LogP contribution in [0.1, 0.15) is 40.7 Å². The molecule has 44 heavy (non-hydrogen) atoms. The second kappa shape index (κ2) is 9.54. The lowest BCUT2D eigenvalue weighted by molar-refractivity contribution is -0.130. The van der Waals surface area contributed by atoms with Gasteiger partial charge in [0.15, 0.2) is 17.2 Å². The Labute approximate surface area is 259 Å². The molecule has 4 aliphatic rings. The average molecular weight is 642 g/mol. The van der Waals surface area contributed by atoms with Crippen molar-refractivity contribution in [3.63, 3.8) is 0 Å². The molecule has 14 heteroatoms. The fourth-order valence-corrected chi connectivity index (χ4v) is 7.21. The standard InChI is InChI=1S/C30H25Cl2N3O9/c1-11-6-14-19(25(36)30(11)26(37)20-15(40-4)9-16(41-5)22(32)24(20)44-30)18(12-7-13(31)23-17(8-12)42-10-43-23)21-27(33-14)34(2)29(39)35(3)28(21)38/h7-9,11,18,33H,6,10H2,1-5H3/t11-,18?,30+/m1/s1. The van der Waals surface area contributed by atoms with Crippen molar-refractivity contribution in [1.29, 1.82) is 0 Å². The van der Waals surface area contributed by atoms with E-state index >= 15 is 0 Å². The molecule has 0 fully saturated rings. The van der Waals surface area contributed by atoms with Crippen LogP contribution in [-0.4, -0.2) is 47.3 Å². The number of methoxy groups -OCH3 is 2. The van der Waals surface area contributed by atoms with Gasteiger partial charge in [0.1, 0.15) is 27.9 Å². The van der Waals surface area contributed by atoms with Gasteiger partial charge in [-0.05, 0) is 24.1 Å². The number of nitrogens with one attached hydrogen (secondary N) is 1. The summed E-state index contributed by atoms with van der Waals surface area (Å²) >= 11 is 13.2. The van der Waals surface area contributed by atoms with Gasteiger partial charge in [0.25, 0.3) is 5.56 Å². The van der Waals surface area contributed by atoms with Crippen molar-refractivity contribution in [3.8, 4) is 28.7 Å². The third-order valence-electron chi connectivity index (χ3n) is 8.86. The van der Waals surface area contributed by atoms with Crippen LogP contribution >= 0.6 is 23.2 Å². The SMILES string of the molecule is COc1cc(OC)c2c(c1Cl)O[C@@]1(C(=O)C3=C(C[C@H]1C)Nc1c(c(=O)n(C)c(=O)n1C)C3c1cc(Cl)c3c(c1)OCO3)C2=O. The number of rotatable bonds is 3. The number of carbonyl (C=O) groups excluding carboxylic acids is 2. The molecule has 0 radical (unpaired) electrons. The van der Waals surface area contributed by atoms with Crippen molar-refractivity contribution in [1.82, 2.24) is 9.13 Å². The number of halogens is 2. The van der Waals surface area contributed by atoms with Gasteiger partial charge in [-0.15, -0.1) is 0 Å². The Balaban J connectivity index is 1.49. The van der Waals surface area contributed by atoms with E-state index in [4.69, 9.17) is 46.9 Å². The summed E-state index contributed by atoms with van der Waals surface area (Å²) in [6.45, 7) is 1.66. The first-order valence-electron chi connectivity index (χ1n) is 13.6. The largest absolute Gasteiger partial charge is 0.496 e. The Kier molecular flexibility index (Phi) is 6.15. The van der Waals surface area contributed by atoms with E-state index in [1.165, 1.54) is 38.9 Å². The van der Waals surface area contributed by atoms with Gasteiger partial charge in [0, 0.05) is 43.3 Å². The number of Topliss-reactive ketones (excluding diaryl/α,β-unsaturated/α-hetero) is 2. The lowest BCUT2D eigenvalue weighted by Crippen LogP contribution is -2.58. The van der Waals surface area contributed by atoms with Crippen LogP contribution in [0.15, 0.2) is 39.1 Å². The highest BCUT2D eigenvalue weighted by Gasteiger charge is 2.64. The maximum absolute atomic E-state index is 15.0. The fourth-order valence-electron chi connectivity index (χ4n) is 6.68. The summed E-state index contributed by atoms with van der Waals surface area (Å²) < 4.78 is 30.6. The average Bonchev–Trinajstić information content (AvgIpc) is 3.61. The smallest absolute Gasteiger partial charge is 0.332 e. The number of nitrogens with zero attached hydrogens (tertiary/aromatic N) is 2. The summed E-state index contributed by atoms with van der Waals surface area (Å²) in [5, 5.41) is 3.40. The number of anilines is 1. The van der Waals surface area contributed by atoms with E-state index < -0.39 is 40.3 Å². The number of ketones is 2. The molecule has 0 saturated heterocycles. The highest BCUT2D eigenvalue weighted by Crippen LogP contribution is 2.57. The van der Waals surface area contributed by atoms with E-state index in [9.17, 15) is 19.2 Å². The van der Waals surface area contributed by atoms with Crippen LogP contribution < -0.4 is 40.3 Å². The minimum atomic E-state index is -2.03. The van der Waals surface area contributed by atoms with Crippen LogP contribution in [0, 0.1) is 5.92 Å². The topological polar surface area (TPSA) is 136 Å². The molecule has 4 heterocycles. The van der Waals surface area contributed by atoms with E-state index in [0.717, 1.165) is 4.57 Å². The number of benzene rings is 2. The fraction of sp³-hybridized carbons (Fsp3) is 0.333. The van der Waals surface area contributed by atoms with Gasteiger partial charge >= 0.3 is 5.69 Å². The number of carbonyl (C=O) groups is 2. The second-order valence-corrected chi connectivity index (χ2v) is 11.8. The van der Waals surface area contributed by atoms with Gasteiger partial charge in [-0.2, -0.15) is 0 Å². The molecule has 1 aromatic heterocycles. The normalized spacial score (nSPS) is 22.8. The zero-order valence-corrected chi connectivity index (χ0v) is 25.6. The van der Waals surface area contributed by atoms with Gasteiger partial charge in [-0.1, -0.05) is 30.1 Å². The minimum absolute atomic E-state index is 0.0170. The Morgan fingerprint density at radius 2 is 1.68 bits per heavy atom. The summed E-state index contributed by atoms with van der Waals surface area (Å²) in [5.41, 5.74) is -2.11. The lowest BCUT2D eigenvalue weighted by Gasteiger charge is -2.42. The van der Waals surface area contributed by atoms with Crippen molar-refractivity contribution in [2.24, 2.45) is 20.0 Å². The van der Waals surface area contributed by atoms with Crippen LogP contribution in [0.25, 0.3) is 0 Å². The molecule has 228 valence electrons. The molecular formula is C30H25Cl2N3O9. The van der Waals surface area contributed by atoms with E-state index in [0.29, 0.717) is 22.8 Å². The van der Waals surface area contributed by atoms with Crippen LogP contribution in [0.2, 0.25) is 10.0 Å². The molecule has 7 rings (SSSR count). The molecule has 2 aromatic carbocycles. The molecule has 1 N–H and O–H groups in total. The molecule has 12 nitrogen and oxygen atoms in total. The van der Waals surface area contributed by atoms with Crippen LogP contribution in [0.3, 0.4) is 0 Å². The number of allylic oxidation sites excluding steroid dienone is 1. The highest BCUT2D eigenvalue weighted by atomic mass is 35.5. The Morgan fingerprint density at radius 1 is 0.955 bits per heavy atom. The quantitative estimate of drug-likeness (QED) is 0.423. The van der Waals surface area contributed by atoms with Crippen molar-refractivity contribution in [2.45, 2.75) is 24.9 Å². The van der Waals surface area contributed by atoms with Crippen molar-refractivity contribution < 1.29 is 33.3 Å². The third-order valence-corrected chi connectivity index (χ3v) is 9.50. The van der Waals surface area contributed by atoms with Gasteiger partial charge in [0.05, 0.1) is 24.8 Å². The number of hydrogen-bond acceptors (Lipinski definition) is 10. The summed E-state index contributed by atoms with van der Waals surface area (Å²) in [6.07, 6.45) is 0.148. The van der Waals surface area contributed by atoms with E-state index in [1.807, 2.05) is 0 Å². The van der Waals surface area contributed by atoms with Crippen LogP contribution in [-0.2, 0) is 18.9 Å². The summed E-state index contributed by atoms with van der Waals surface area (Å²) in [4.78, 5) is 56.1. The predicted octanol–water partition coefficient (Wildman–Crippen LogP) is 3.57. The van der Waals surface area contributed by atoms with Crippen LogP contribution in [0.5, 0.6) is 28.7 Å². The van der Waals surface area contributed by atoms with E-state index in [1.54, 1.807) is 19.1 Å². The zero-order valence-electron chi connectivity index (χ0n) is 24.1. The number of ether oxygens (including phenoxy) is 5. The number of fused-ring (bicyclic) bond motifs is 3. The summed E-state index contributed by atoms with van der Waals surface area (Å²) in [6, 6.07) is 4.68. The molecule has 3 aliphatic heterocycles. The minimum Gasteiger partial charge on any atom is -0.496 e. The van der Waals surface area contributed by atoms with Gasteiger partial charge < -0.3 is 29.0 Å². The number of hydrogen-bond donors (Lipinski definition) is 1. The molecular weight excluding hydrogens is 617 g/mol. The van der Waals surface area contributed by atoms with Gasteiger partial charge in [-0.25, -0.2) is 4.79 Å². The van der Waals surface area contributed by atoms with Gasteiger partial charge in [-0.3, -0.25) is 23.5 Å². The Morgan fingerprint density at radius 3 is 2.39 bits per heavy atom. The van der Waals surface area contributed by atoms with Crippen molar-refractivity contribution in [2.75, 3.05) is 26.3 Å². The first-order chi connectivity index (χ1) is 21.0. The molecule has 3 atom stereocenters. The molecule has 0 saturated carbocycles.